The monoisotopic (exact) mass is 404 g/mol. The number of amides is 2. The molecular formula is C26H32N2O2. The van der Waals surface area contributed by atoms with Gasteiger partial charge in [0.15, 0.2) is 0 Å². The van der Waals surface area contributed by atoms with E-state index in [0.717, 1.165) is 42.5 Å². The highest BCUT2D eigenvalue weighted by molar-refractivity contribution is 5.82. The van der Waals surface area contributed by atoms with E-state index >= 15 is 0 Å². The molecule has 2 aromatic carbocycles. The van der Waals surface area contributed by atoms with Crippen LogP contribution in [0.2, 0.25) is 0 Å². The number of benzene rings is 2. The predicted octanol–water partition coefficient (Wildman–Crippen LogP) is 5.73. The van der Waals surface area contributed by atoms with Crippen LogP contribution in [0, 0.1) is 0 Å². The second-order valence-corrected chi connectivity index (χ2v) is 7.87. The van der Waals surface area contributed by atoms with Crippen LogP contribution >= 0.6 is 0 Å². The fourth-order valence-corrected chi connectivity index (χ4v) is 4.29. The molecule has 2 aromatic rings. The average Bonchev–Trinajstić information content (AvgIpc) is 2.77. The SMILES string of the molecule is CCCCN(C(=O)C[C@H]1c2ccccc2C=CN1C(C)=O)[C@@H](CC)c1ccccc1. The molecule has 4 nitrogen and oxygen atoms in total. The van der Waals surface area contributed by atoms with Crippen LogP contribution in [-0.2, 0) is 9.59 Å². The topological polar surface area (TPSA) is 40.6 Å². The fraction of sp³-hybridized carbons (Fsp3) is 0.385. The van der Waals surface area contributed by atoms with Gasteiger partial charge in [0.05, 0.1) is 18.5 Å². The van der Waals surface area contributed by atoms with Gasteiger partial charge in [-0.2, -0.15) is 0 Å². The number of unbranched alkanes of at least 4 members (excludes halogenated alkanes) is 1. The lowest BCUT2D eigenvalue weighted by Gasteiger charge is -2.36. The molecule has 2 amide bonds. The Hall–Kier alpha value is -2.88. The summed E-state index contributed by atoms with van der Waals surface area (Å²) in [6.07, 6.45) is 6.90. The highest BCUT2D eigenvalue weighted by Gasteiger charge is 2.31. The Labute approximate surface area is 180 Å². The van der Waals surface area contributed by atoms with Crippen LogP contribution in [0.5, 0.6) is 0 Å². The molecule has 1 aliphatic rings. The van der Waals surface area contributed by atoms with E-state index in [4.69, 9.17) is 0 Å². The maximum Gasteiger partial charge on any atom is 0.225 e. The first-order chi connectivity index (χ1) is 14.6. The van der Waals surface area contributed by atoms with Crippen molar-refractivity contribution < 1.29 is 9.59 Å². The third-order valence-corrected chi connectivity index (χ3v) is 5.86. The molecule has 0 fully saturated rings. The van der Waals surface area contributed by atoms with E-state index in [1.807, 2.05) is 59.6 Å². The molecule has 1 aliphatic heterocycles. The summed E-state index contributed by atoms with van der Waals surface area (Å²) in [7, 11) is 0. The van der Waals surface area contributed by atoms with Crippen LogP contribution in [0.1, 0.15) is 75.2 Å². The first-order valence-electron chi connectivity index (χ1n) is 11.0. The zero-order valence-corrected chi connectivity index (χ0v) is 18.3. The number of nitrogens with zero attached hydrogens (tertiary/aromatic N) is 2. The number of hydrogen-bond donors (Lipinski definition) is 0. The Kier molecular flexibility index (Phi) is 7.45. The smallest absolute Gasteiger partial charge is 0.225 e. The van der Waals surface area contributed by atoms with Crippen molar-refractivity contribution in [1.82, 2.24) is 9.80 Å². The van der Waals surface area contributed by atoms with Crippen LogP contribution in [0.4, 0.5) is 0 Å². The van der Waals surface area contributed by atoms with E-state index in [9.17, 15) is 9.59 Å². The van der Waals surface area contributed by atoms with E-state index < -0.39 is 0 Å². The van der Waals surface area contributed by atoms with Gasteiger partial charge in [0.2, 0.25) is 11.8 Å². The van der Waals surface area contributed by atoms with Crippen molar-refractivity contribution >= 4 is 17.9 Å². The lowest BCUT2D eigenvalue weighted by molar-refractivity contribution is -0.136. The van der Waals surface area contributed by atoms with Gasteiger partial charge in [-0.05, 0) is 35.6 Å². The van der Waals surface area contributed by atoms with Gasteiger partial charge in [-0.3, -0.25) is 9.59 Å². The van der Waals surface area contributed by atoms with Gasteiger partial charge in [0.1, 0.15) is 0 Å². The summed E-state index contributed by atoms with van der Waals surface area (Å²) < 4.78 is 0. The molecule has 4 heteroatoms. The summed E-state index contributed by atoms with van der Waals surface area (Å²) in [5.41, 5.74) is 3.27. The van der Waals surface area contributed by atoms with Crippen molar-refractivity contribution in [3.63, 3.8) is 0 Å². The Morgan fingerprint density at radius 3 is 2.40 bits per heavy atom. The Morgan fingerprint density at radius 2 is 1.73 bits per heavy atom. The van der Waals surface area contributed by atoms with Crippen LogP contribution in [0.25, 0.3) is 6.08 Å². The molecular weight excluding hydrogens is 372 g/mol. The molecule has 0 bridgehead atoms. The minimum absolute atomic E-state index is 0.0467. The predicted molar refractivity (Wildman–Crippen MR) is 121 cm³/mol. The van der Waals surface area contributed by atoms with Crippen LogP contribution < -0.4 is 0 Å². The van der Waals surface area contributed by atoms with Gasteiger partial charge in [-0.15, -0.1) is 0 Å². The van der Waals surface area contributed by atoms with E-state index in [2.05, 4.69) is 26.0 Å². The highest BCUT2D eigenvalue weighted by atomic mass is 16.2. The van der Waals surface area contributed by atoms with Crippen molar-refractivity contribution in [1.29, 1.82) is 0 Å². The second-order valence-electron chi connectivity index (χ2n) is 7.87. The van der Waals surface area contributed by atoms with Crippen molar-refractivity contribution in [3.05, 3.63) is 77.5 Å². The first kappa shape index (κ1) is 21.8. The summed E-state index contributed by atoms with van der Waals surface area (Å²) in [6, 6.07) is 18.1. The molecule has 158 valence electrons. The van der Waals surface area contributed by atoms with Gasteiger partial charge < -0.3 is 9.80 Å². The number of hydrogen-bond acceptors (Lipinski definition) is 2. The number of carbonyl (C=O) groups is 2. The van der Waals surface area contributed by atoms with Crippen LogP contribution in [-0.4, -0.2) is 28.2 Å². The Bertz CT molecular complexity index is 891. The molecule has 0 aromatic heterocycles. The third kappa shape index (κ3) is 4.81. The second kappa shape index (κ2) is 10.2. The van der Waals surface area contributed by atoms with Gasteiger partial charge in [0, 0.05) is 19.7 Å². The molecule has 0 radical (unpaired) electrons. The third-order valence-electron chi connectivity index (χ3n) is 5.86. The fourth-order valence-electron chi connectivity index (χ4n) is 4.29. The number of carbonyl (C=O) groups excluding carboxylic acids is 2. The minimum atomic E-state index is -0.270. The number of fused-ring (bicyclic) bond motifs is 1. The van der Waals surface area contributed by atoms with Gasteiger partial charge in [-0.25, -0.2) is 0 Å². The van der Waals surface area contributed by atoms with E-state index in [1.54, 1.807) is 11.8 Å². The van der Waals surface area contributed by atoms with Gasteiger partial charge in [0.25, 0.3) is 0 Å². The lowest BCUT2D eigenvalue weighted by atomic mass is 9.92. The van der Waals surface area contributed by atoms with Crippen LogP contribution in [0.3, 0.4) is 0 Å². The van der Waals surface area contributed by atoms with Crippen molar-refractivity contribution in [2.45, 2.75) is 58.5 Å². The summed E-state index contributed by atoms with van der Waals surface area (Å²) in [6.45, 7) is 6.56. The molecule has 0 spiro atoms. The van der Waals surface area contributed by atoms with E-state index in [1.165, 1.54) is 0 Å². The minimum Gasteiger partial charge on any atom is -0.336 e. The molecule has 1 heterocycles. The number of rotatable bonds is 8. The molecule has 2 atom stereocenters. The van der Waals surface area contributed by atoms with Crippen molar-refractivity contribution in [2.75, 3.05) is 6.54 Å². The molecule has 3 rings (SSSR count). The van der Waals surface area contributed by atoms with Crippen molar-refractivity contribution in [2.24, 2.45) is 0 Å². The first-order valence-corrected chi connectivity index (χ1v) is 11.0. The van der Waals surface area contributed by atoms with E-state index in [-0.39, 0.29) is 30.3 Å². The maximum atomic E-state index is 13.6. The maximum absolute atomic E-state index is 13.6. The quantitative estimate of drug-likeness (QED) is 0.564. The summed E-state index contributed by atoms with van der Waals surface area (Å²) in [5.74, 6) is 0.0502. The molecule has 0 aliphatic carbocycles. The molecule has 0 saturated heterocycles. The standard InChI is InChI=1S/C26H32N2O2/c1-4-6-17-28(24(5-2)22-13-8-7-9-14-22)26(30)19-25-23-15-11-10-12-21(23)16-18-27(25)20(3)29/h7-16,18,24-25H,4-6,17,19H2,1-3H3/t24-,25-/m0/s1. The van der Waals surface area contributed by atoms with Gasteiger partial charge in [-0.1, -0.05) is 74.9 Å². The molecule has 0 N–H and O–H groups in total. The average molecular weight is 405 g/mol. The van der Waals surface area contributed by atoms with E-state index in [0.29, 0.717) is 0 Å². The van der Waals surface area contributed by atoms with Crippen molar-refractivity contribution in [3.8, 4) is 0 Å². The summed E-state index contributed by atoms with van der Waals surface area (Å²) in [5, 5.41) is 0. The zero-order chi connectivity index (χ0) is 21.5. The Balaban J connectivity index is 1.90. The normalized spacial score (nSPS) is 16.1. The van der Waals surface area contributed by atoms with Gasteiger partial charge >= 0.3 is 0 Å². The zero-order valence-electron chi connectivity index (χ0n) is 18.3. The molecule has 0 saturated carbocycles. The lowest BCUT2D eigenvalue weighted by Crippen LogP contribution is -2.39. The summed E-state index contributed by atoms with van der Waals surface area (Å²) >= 11 is 0. The molecule has 0 unspecified atom stereocenters. The largest absolute Gasteiger partial charge is 0.336 e. The van der Waals surface area contributed by atoms with Crippen LogP contribution in [0.15, 0.2) is 60.8 Å². The summed E-state index contributed by atoms with van der Waals surface area (Å²) in [4.78, 5) is 29.7. The Morgan fingerprint density at radius 1 is 1.03 bits per heavy atom. The molecule has 30 heavy (non-hydrogen) atoms. The highest BCUT2D eigenvalue weighted by Crippen LogP contribution is 2.35.